The van der Waals surface area contributed by atoms with Crippen molar-refractivity contribution >= 4 is 17.6 Å². The van der Waals surface area contributed by atoms with E-state index >= 15 is 0 Å². The fourth-order valence-corrected chi connectivity index (χ4v) is 2.60. The molecule has 0 aliphatic rings. The van der Waals surface area contributed by atoms with E-state index in [4.69, 9.17) is 4.42 Å². The van der Waals surface area contributed by atoms with Gasteiger partial charge in [-0.1, -0.05) is 24.3 Å². The Morgan fingerprint density at radius 3 is 2.61 bits per heavy atom. The monoisotopic (exact) mass is 378 g/mol. The summed E-state index contributed by atoms with van der Waals surface area (Å²) in [4.78, 5) is 30.0. The molecule has 3 amide bonds. The van der Waals surface area contributed by atoms with E-state index in [1.165, 1.54) is 4.90 Å². The molecule has 2 N–H and O–H groups in total. The van der Waals surface area contributed by atoms with Crippen molar-refractivity contribution in [2.24, 2.45) is 0 Å². The first kappa shape index (κ1) is 19.2. The topological polar surface area (TPSA) is 87.5 Å². The molecule has 3 rings (SSSR count). The number of oxazole rings is 1. The van der Waals surface area contributed by atoms with Gasteiger partial charge in [0.25, 0.3) is 5.91 Å². The van der Waals surface area contributed by atoms with E-state index in [1.807, 2.05) is 30.3 Å². The summed E-state index contributed by atoms with van der Waals surface area (Å²) >= 11 is 0. The number of benzene rings is 2. The van der Waals surface area contributed by atoms with Gasteiger partial charge in [-0.2, -0.15) is 0 Å². The second-order valence-electron chi connectivity index (χ2n) is 6.42. The lowest BCUT2D eigenvalue weighted by atomic mass is 10.2. The number of nitrogens with one attached hydrogen (secondary N) is 2. The van der Waals surface area contributed by atoms with Gasteiger partial charge in [0.1, 0.15) is 6.26 Å². The number of aromatic nitrogens is 1. The van der Waals surface area contributed by atoms with Gasteiger partial charge in [0.15, 0.2) is 0 Å². The van der Waals surface area contributed by atoms with Crippen molar-refractivity contribution in [3.8, 4) is 11.5 Å². The molecule has 144 valence electrons. The molecule has 7 nitrogen and oxygen atoms in total. The zero-order valence-corrected chi connectivity index (χ0v) is 15.8. The van der Waals surface area contributed by atoms with Crippen LogP contribution in [0.4, 0.5) is 10.5 Å². The fourth-order valence-electron chi connectivity index (χ4n) is 2.60. The first-order chi connectivity index (χ1) is 13.5. The molecule has 0 aliphatic heterocycles. The van der Waals surface area contributed by atoms with Crippen LogP contribution in [0.15, 0.2) is 65.3 Å². The number of rotatable bonds is 6. The maximum absolute atomic E-state index is 12.1. The van der Waals surface area contributed by atoms with E-state index in [0.717, 1.165) is 11.3 Å². The molecule has 0 saturated carbocycles. The Labute approximate surface area is 163 Å². The van der Waals surface area contributed by atoms with Crippen LogP contribution < -0.4 is 10.6 Å². The standard InChI is InChI=1S/C21H22N4O3/c1-25(2)20(26)16-9-6-10-17(13-16)24-21(27)22-12-11-18-14-28-19(23-18)15-7-4-3-5-8-15/h3-10,13-14H,11-12H2,1-2H3,(H2,22,24,27). The van der Waals surface area contributed by atoms with Gasteiger partial charge in [-0.05, 0) is 30.3 Å². The molecule has 0 unspecified atom stereocenters. The van der Waals surface area contributed by atoms with Crippen LogP contribution in [-0.2, 0) is 6.42 Å². The van der Waals surface area contributed by atoms with Crippen LogP contribution in [0.5, 0.6) is 0 Å². The Balaban J connectivity index is 1.50. The highest BCUT2D eigenvalue weighted by molar-refractivity contribution is 5.96. The van der Waals surface area contributed by atoms with Gasteiger partial charge in [0, 0.05) is 43.9 Å². The number of urea groups is 1. The minimum atomic E-state index is -0.346. The molecule has 0 aliphatic carbocycles. The van der Waals surface area contributed by atoms with Gasteiger partial charge in [0.2, 0.25) is 5.89 Å². The van der Waals surface area contributed by atoms with Crippen LogP contribution in [0.25, 0.3) is 11.5 Å². The van der Waals surface area contributed by atoms with Crippen molar-refractivity contribution in [2.75, 3.05) is 26.0 Å². The molecule has 7 heteroatoms. The van der Waals surface area contributed by atoms with Crippen LogP contribution in [0.1, 0.15) is 16.1 Å². The molecule has 2 aromatic carbocycles. The number of amides is 3. The van der Waals surface area contributed by atoms with E-state index < -0.39 is 0 Å². The highest BCUT2D eigenvalue weighted by atomic mass is 16.3. The first-order valence-electron chi connectivity index (χ1n) is 8.89. The summed E-state index contributed by atoms with van der Waals surface area (Å²) in [6.07, 6.45) is 2.14. The Morgan fingerprint density at radius 1 is 1.07 bits per heavy atom. The predicted octanol–water partition coefficient (Wildman–Crippen LogP) is 3.41. The third-order valence-electron chi connectivity index (χ3n) is 4.01. The third-order valence-corrected chi connectivity index (χ3v) is 4.01. The van der Waals surface area contributed by atoms with Crippen molar-refractivity contribution in [2.45, 2.75) is 6.42 Å². The van der Waals surface area contributed by atoms with Crippen LogP contribution in [-0.4, -0.2) is 42.5 Å². The van der Waals surface area contributed by atoms with Gasteiger partial charge < -0.3 is 20.0 Å². The summed E-state index contributed by atoms with van der Waals surface area (Å²) in [5, 5.41) is 5.50. The summed E-state index contributed by atoms with van der Waals surface area (Å²) in [5.74, 6) is 0.437. The molecule has 1 aromatic heterocycles. The highest BCUT2D eigenvalue weighted by Gasteiger charge is 2.10. The van der Waals surface area contributed by atoms with E-state index in [0.29, 0.717) is 30.1 Å². The Bertz CT molecular complexity index is 951. The molecule has 28 heavy (non-hydrogen) atoms. The summed E-state index contributed by atoms with van der Waals surface area (Å²) in [6, 6.07) is 16.1. The smallest absolute Gasteiger partial charge is 0.319 e. The number of nitrogens with zero attached hydrogens (tertiary/aromatic N) is 2. The lowest BCUT2D eigenvalue weighted by Gasteiger charge is -2.12. The largest absolute Gasteiger partial charge is 0.444 e. The molecule has 3 aromatic rings. The summed E-state index contributed by atoms with van der Waals surface area (Å²) < 4.78 is 5.48. The minimum absolute atomic E-state index is 0.121. The van der Waals surface area contributed by atoms with Crippen LogP contribution in [0, 0.1) is 0 Å². The Hall–Kier alpha value is -3.61. The fraction of sp³-hybridized carbons (Fsp3) is 0.190. The van der Waals surface area contributed by atoms with Crippen molar-refractivity contribution in [1.29, 1.82) is 0 Å². The first-order valence-corrected chi connectivity index (χ1v) is 8.89. The van der Waals surface area contributed by atoms with Crippen molar-refractivity contribution in [3.05, 3.63) is 72.1 Å². The van der Waals surface area contributed by atoms with Crippen LogP contribution in [0.3, 0.4) is 0 Å². The molecule has 0 spiro atoms. The normalized spacial score (nSPS) is 10.4. The molecule has 0 radical (unpaired) electrons. The van der Waals surface area contributed by atoms with E-state index in [2.05, 4.69) is 15.6 Å². The van der Waals surface area contributed by atoms with Gasteiger partial charge in [-0.3, -0.25) is 4.79 Å². The number of hydrogen-bond acceptors (Lipinski definition) is 4. The second-order valence-corrected chi connectivity index (χ2v) is 6.42. The molecular formula is C21H22N4O3. The van der Waals surface area contributed by atoms with E-state index in [1.54, 1.807) is 44.6 Å². The summed E-state index contributed by atoms with van der Waals surface area (Å²) in [6.45, 7) is 0.406. The zero-order valence-electron chi connectivity index (χ0n) is 15.8. The van der Waals surface area contributed by atoms with Gasteiger partial charge in [0.05, 0.1) is 5.69 Å². The average Bonchev–Trinajstić information content (AvgIpc) is 3.17. The van der Waals surface area contributed by atoms with Crippen LogP contribution in [0.2, 0.25) is 0 Å². The molecule has 0 fully saturated rings. The van der Waals surface area contributed by atoms with Crippen molar-refractivity contribution in [3.63, 3.8) is 0 Å². The van der Waals surface area contributed by atoms with Gasteiger partial charge in [-0.25, -0.2) is 9.78 Å². The Morgan fingerprint density at radius 2 is 1.86 bits per heavy atom. The maximum Gasteiger partial charge on any atom is 0.319 e. The number of carbonyl (C=O) groups is 2. The van der Waals surface area contributed by atoms with Crippen molar-refractivity contribution in [1.82, 2.24) is 15.2 Å². The molecular weight excluding hydrogens is 356 g/mol. The highest BCUT2D eigenvalue weighted by Crippen LogP contribution is 2.18. The molecule has 0 saturated heterocycles. The number of carbonyl (C=O) groups excluding carboxylic acids is 2. The SMILES string of the molecule is CN(C)C(=O)c1cccc(NC(=O)NCCc2coc(-c3ccccc3)n2)c1. The number of anilines is 1. The van der Waals surface area contributed by atoms with E-state index in [9.17, 15) is 9.59 Å². The second kappa shape index (κ2) is 8.85. The third kappa shape index (κ3) is 4.97. The molecule has 0 atom stereocenters. The average molecular weight is 378 g/mol. The lowest BCUT2D eigenvalue weighted by molar-refractivity contribution is 0.0827. The molecule has 1 heterocycles. The zero-order chi connectivity index (χ0) is 19.9. The quantitative estimate of drug-likeness (QED) is 0.688. The van der Waals surface area contributed by atoms with Crippen molar-refractivity contribution < 1.29 is 14.0 Å². The van der Waals surface area contributed by atoms with E-state index in [-0.39, 0.29) is 11.9 Å². The Kier molecular flexibility index (Phi) is 6.06. The predicted molar refractivity (Wildman–Crippen MR) is 107 cm³/mol. The van der Waals surface area contributed by atoms with Gasteiger partial charge >= 0.3 is 6.03 Å². The number of hydrogen-bond donors (Lipinski definition) is 2. The van der Waals surface area contributed by atoms with Gasteiger partial charge in [-0.15, -0.1) is 0 Å². The minimum Gasteiger partial charge on any atom is -0.444 e. The maximum atomic E-state index is 12.1. The summed E-state index contributed by atoms with van der Waals surface area (Å²) in [7, 11) is 3.37. The summed E-state index contributed by atoms with van der Waals surface area (Å²) in [5.41, 5.74) is 2.74. The molecule has 0 bridgehead atoms. The van der Waals surface area contributed by atoms with Crippen LogP contribution >= 0.6 is 0 Å². The lowest BCUT2D eigenvalue weighted by Crippen LogP contribution is -2.30.